The van der Waals surface area contributed by atoms with Crippen molar-refractivity contribution in [2.24, 2.45) is 9.98 Å². The summed E-state index contributed by atoms with van der Waals surface area (Å²) in [6.45, 7) is 3.61. The summed E-state index contributed by atoms with van der Waals surface area (Å²) >= 11 is 11.3. The zero-order chi connectivity index (χ0) is 8.27. The highest BCUT2D eigenvalue weighted by atomic mass is 35.5. The summed E-state index contributed by atoms with van der Waals surface area (Å²) < 4.78 is 0. The van der Waals surface area contributed by atoms with Crippen molar-refractivity contribution in [1.29, 1.82) is 0 Å². The normalized spacial score (nSPS) is 24.0. The van der Waals surface area contributed by atoms with Crippen molar-refractivity contribution in [3.05, 3.63) is 12.7 Å². The van der Waals surface area contributed by atoms with Gasteiger partial charge in [-0.2, -0.15) is 0 Å². The lowest BCUT2D eigenvalue weighted by Crippen LogP contribution is -2.14. The molecule has 0 saturated heterocycles. The Balaban J connectivity index is 2.62. The molecule has 1 unspecified atom stereocenters. The Bertz CT molecular complexity index is 220. The molecule has 0 N–H and O–H groups in total. The molecule has 1 aliphatic rings. The molecule has 1 heterocycles. The molecule has 60 valence electrons. The Kier molecular flexibility index (Phi) is 3.09. The van der Waals surface area contributed by atoms with Crippen LogP contribution in [0, 0.1) is 0 Å². The van der Waals surface area contributed by atoms with Gasteiger partial charge in [0.2, 0.25) is 5.29 Å². The van der Waals surface area contributed by atoms with Gasteiger partial charge in [0.05, 0.1) is 6.04 Å². The van der Waals surface area contributed by atoms with E-state index < -0.39 is 0 Å². The van der Waals surface area contributed by atoms with Gasteiger partial charge in [0.1, 0.15) is 5.17 Å². The van der Waals surface area contributed by atoms with Gasteiger partial charge in [0.15, 0.2) is 0 Å². The first-order valence-electron chi connectivity index (χ1n) is 3.29. The number of nitrogens with zero attached hydrogens (tertiary/aromatic N) is 2. The van der Waals surface area contributed by atoms with Crippen LogP contribution in [-0.4, -0.2) is 16.5 Å². The zero-order valence-electron chi connectivity index (χ0n) is 5.93. The predicted molar refractivity (Wildman–Crippen MR) is 49.8 cm³/mol. The number of amidine groups is 1. The minimum atomic E-state index is 0.130. The summed E-state index contributed by atoms with van der Waals surface area (Å²) in [6, 6.07) is 0.130. The van der Waals surface area contributed by atoms with E-state index in [0.717, 1.165) is 6.42 Å². The lowest BCUT2D eigenvalue weighted by atomic mass is 10.1. The minimum Gasteiger partial charge on any atom is -0.252 e. The van der Waals surface area contributed by atoms with Gasteiger partial charge in [0.25, 0.3) is 0 Å². The summed E-state index contributed by atoms with van der Waals surface area (Å²) in [5.74, 6) is 0. The fourth-order valence-electron chi connectivity index (χ4n) is 0.894. The largest absolute Gasteiger partial charge is 0.252 e. The van der Waals surface area contributed by atoms with Crippen molar-refractivity contribution in [2.75, 3.05) is 0 Å². The highest BCUT2D eigenvalue weighted by Gasteiger charge is 2.13. The third-order valence-electron chi connectivity index (χ3n) is 1.35. The molecule has 0 aromatic carbocycles. The van der Waals surface area contributed by atoms with Gasteiger partial charge in [-0.25, -0.2) is 4.99 Å². The van der Waals surface area contributed by atoms with E-state index in [1.54, 1.807) is 6.08 Å². The molecule has 0 saturated carbocycles. The fourth-order valence-corrected chi connectivity index (χ4v) is 1.44. The molecule has 1 rings (SSSR count). The van der Waals surface area contributed by atoms with Crippen molar-refractivity contribution in [1.82, 2.24) is 0 Å². The monoisotopic (exact) mass is 190 g/mol. The Hall–Kier alpha value is -0.340. The van der Waals surface area contributed by atoms with E-state index in [1.807, 2.05) is 0 Å². The molecule has 0 aromatic heterocycles. The first-order valence-corrected chi connectivity index (χ1v) is 4.05. The average Bonchev–Trinajstić information content (AvgIpc) is 1.85. The second-order valence-corrected chi connectivity index (χ2v) is 3.04. The fraction of sp³-hybridized carbons (Fsp3) is 0.429. The first-order chi connectivity index (χ1) is 5.22. The van der Waals surface area contributed by atoms with Gasteiger partial charge in [-0.15, -0.1) is 6.58 Å². The lowest BCUT2D eigenvalue weighted by molar-refractivity contribution is 0.713. The topological polar surface area (TPSA) is 24.7 Å². The number of aliphatic imine (C=N–C) groups is 2. The van der Waals surface area contributed by atoms with E-state index in [-0.39, 0.29) is 11.3 Å². The third-order valence-corrected chi connectivity index (χ3v) is 1.77. The molecular formula is C7H8Cl2N2. The molecule has 0 spiro atoms. The van der Waals surface area contributed by atoms with Gasteiger partial charge in [0, 0.05) is 6.42 Å². The second-order valence-electron chi connectivity index (χ2n) is 2.27. The van der Waals surface area contributed by atoms with Crippen LogP contribution in [0.1, 0.15) is 12.8 Å². The summed E-state index contributed by atoms with van der Waals surface area (Å²) in [5.41, 5.74) is 0. The van der Waals surface area contributed by atoms with Gasteiger partial charge in [-0.3, -0.25) is 4.99 Å². The maximum atomic E-state index is 5.69. The van der Waals surface area contributed by atoms with E-state index >= 15 is 0 Å². The van der Waals surface area contributed by atoms with E-state index in [4.69, 9.17) is 23.2 Å². The second kappa shape index (κ2) is 3.88. The summed E-state index contributed by atoms with van der Waals surface area (Å²) in [7, 11) is 0. The van der Waals surface area contributed by atoms with Crippen LogP contribution in [-0.2, 0) is 0 Å². The molecule has 0 bridgehead atoms. The SMILES string of the molecule is C=CCC1CC(Cl)=NC(Cl)=N1. The maximum Gasteiger partial charge on any atom is 0.219 e. The number of halogens is 2. The molecule has 1 aliphatic heterocycles. The van der Waals surface area contributed by atoms with Crippen LogP contribution in [0.5, 0.6) is 0 Å². The molecule has 0 amide bonds. The van der Waals surface area contributed by atoms with Crippen LogP contribution in [0.4, 0.5) is 0 Å². The molecular weight excluding hydrogens is 183 g/mol. The van der Waals surface area contributed by atoms with Gasteiger partial charge in [-0.05, 0) is 18.0 Å². The van der Waals surface area contributed by atoms with Gasteiger partial charge < -0.3 is 0 Å². The molecule has 0 aromatic rings. The Morgan fingerprint density at radius 3 is 2.91 bits per heavy atom. The lowest BCUT2D eigenvalue weighted by Gasteiger charge is -2.12. The summed E-state index contributed by atoms with van der Waals surface area (Å²) in [4.78, 5) is 7.84. The Morgan fingerprint density at radius 1 is 1.64 bits per heavy atom. The third kappa shape index (κ3) is 2.64. The molecule has 2 nitrogen and oxygen atoms in total. The van der Waals surface area contributed by atoms with Gasteiger partial charge in [-0.1, -0.05) is 17.7 Å². The van der Waals surface area contributed by atoms with Gasteiger partial charge >= 0.3 is 0 Å². The number of hydrogen-bond donors (Lipinski definition) is 0. The smallest absolute Gasteiger partial charge is 0.219 e. The highest BCUT2D eigenvalue weighted by molar-refractivity contribution is 6.72. The van der Waals surface area contributed by atoms with Crippen molar-refractivity contribution in [3.63, 3.8) is 0 Å². The zero-order valence-corrected chi connectivity index (χ0v) is 7.44. The van der Waals surface area contributed by atoms with Crippen LogP contribution in [0.3, 0.4) is 0 Å². The van der Waals surface area contributed by atoms with Crippen molar-refractivity contribution < 1.29 is 0 Å². The molecule has 1 atom stereocenters. The van der Waals surface area contributed by atoms with Crippen molar-refractivity contribution in [2.45, 2.75) is 18.9 Å². The highest BCUT2D eigenvalue weighted by Crippen LogP contribution is 2.14. The van der Waals surface area contributed by atoms with Crippen LogP contribution in [0.2, 0.25) is 0 Å². The Morgan fingerprint density at radius 2 is 2.36 bits per heavy atom. The molecule has 0 fully saturated rings. The minimum absolute atomic E-state index is 0.130. The Labute approximate surface area is 75.6 Å². The van der Waals surface area contributed by atoms with E-state index in [1.165, 1.54) is 0 Å². The van der Waals surface area contributed by atoms with E-state index in [0.29, 0.717) is 11.6 Å². The standard InChI is InChI=1S/C7H8Cl2N2/c1-2-3-5-4-6(8)11-7(9)10-5/h2,5H,1,3-4H2. The quantitative estimate of drug-likeness (QED) is 0.473. The van der Waals surface area contributed by atoms with E-state index in [2.05, 4.69) is 16.6 Å². The van der Waals surface area contributed by atoms with E-state index in [9.17, 15) is 0 Å². The number of rotatable bonds is 2. The van der Waals surface area contributed by atoms with Crippen LogP contribution in [0.25, 0.3) is 0 Å². The summed E-state index contributed by atoms with van der Waals surface area (Å²) in [6.07, 6.45) is 3.26. The average molecular weight is 191 g/mol. The molecule has 4 heteroatoms. The maximum absolute atomic E-state index is 5.69. The predicted octanol–water partition coefficient (Wildman–Crippen LogP) is 2.57. The molecule has 0 radical (unpaired) electrons. The van der Waals surface area contributed by atoms with Crippen LogP contribution >= 0.6 is 23.2 Å². The van der Waals surface area contributed by atoms with Crippen LogP contribution in [0.15, 0.2) is 22.6 Å². The van der Waals surface area contributed by atoms with Crippen molar-refractivity contribution in [3.8, 4) is 0 Å². The number of hydrogen-bond acceptors (Lipinski definition) is 2. The summed E-state index contributed by atoms with van der Waals surface area (Å²) in [5, 5.41) is 0.768. The molecule has 0 aliphatic carbocycles. The van der Waals surface area contributed by atoms with Crippen molar-refractivity contribution >= 4 is 33.7 Å². The first kappa shape index (κ1) is 8.75. The molecule has 11 heavy (non-hydrogen) atoms. The van der Waals surface area contributed by atoms with Crippen LogP contribution < -0.4 is 0 Å².